The zero-order chi connectivity index (χ0) is 47.6. The maximum atomic E-state index is 13.2. The summed E-state index contributed by atoms with van der Waals surface area (Å²) in [5.41, 5.74) is -3.49. The van der Waals surface area contributed by atoms with Crippen LogP contribution < -0.4 is 0 Å². The zero-order valence-electron chi connectivity index (χ0n) is 30.8. The fourth-order valence-corrected chi connectivity index (χ4v) is 5.39. The van der Waals surface area contributed by atoms with Crippen LogP contribution in [0.4, 0.5) is 52.7 Å². The molecule has 0 aromatic rings. The molecule has 3 aliphatic heterocycles. The first-order chi connectivity index (χ1) is 28.9. The van der Waals surface area contributed by atoms with Gasteiger partial charge in [-0.15, -0.1) is 0 Å². The van der Waals surface area contributed by atoms with E-state index in [2.05, 4.69) is 18.9 Å². The van der Waals surface area contributed by atoms with E-state index >= 15 is 0 Å². The predicted octanol–water partition coefficient (Wildman–Crippen LogP) is 6.19. The first kappa shape index (κ1) is 48.8. The van der Waals surface area contributed by atoms with Crippen molar-refractivity contribution in [2.75, 3.05) is 0 Å². The van der Waals surface area contributed by atoms with Crippen molar-refractivity contribution >= 4 is 36.3 Å². The fourth-order valence-electron chi connectivity index (χ4n) is 5.39. The molecule has 4 aliphatic rings. The van der Waals surface area contributed by atoms with Crippen LogP contribution >= 0.6 is 0 Å². The van der Waals surface area contributed by atoms with Crippen LogP contribution in [-0.4, -0.2) is 94.4 Å². The molecule has 0 unspecified atom stereocenters. The minimum absolute atomic E-state index is 0.401. The van der Waals surface area contributed by atoms with E-state index in [1.165, 1.54) is 0 Å². The van der Waals surface area contributed by atoms with E-state index in [0.717, 1.165) is 61.6 Å². The summed E-state index contributed by atoms with van der Waals surface area (Å²) in [4.78, 5) is 73.3. The van der Waals surface area contributed by atoms with Gasteiger partial charge in [-0.3, -0.25) is 4.79 Å². The van der Waals surface area contributed by atoms with E-state index in [4.69, 9.17) is 18.9 Å². The fraction of sp³-hybridized carbons (Fsp3) is 0.371. The van der Waals surface area contributed by atoms with Gasteiger partial charge in [0.2, 0.25) is 0 Å². The molecule has 63 heavy (non-hydrogen) atoms. The number of allylic oxidation sites excluding steroid dienone is 10. The highest BCUT2D eigenvalue weighted by molar-refractivity contribution is 6.16. The number of aliphatic hydroxyl groups is 2. The number of hydrogen-bond donors (Lipinski definition) is 2. The molecule has 2 saturated heterocycles. The van der Waals surface area contributed by atoms with Crippen LogP contribution in [0.15, 0.2) is 94.9 Å². The van der Waals surface area contributed by atoms with Gasteiger partial charge in [-0.2, -0.15) is 52.7 Å². The lowest BCUT2D eigenvalue weighted by molar-refractivity contribution is -0.456. The Morgan fingerprint density at radius 1 is 0.603 bits per heavy atom. The molecule has 0 bridgehead atoms. The molecule has 0 amide bonds. The Balaban J connectivity index is 1.35. The molecule has 2 N–H and O–H groups in total. The van der Waals surface area contributed by atoms with E-state index in [-0.39, 0.29) is 0 Å². The van der Waals surface area contributed by atoms with Gasteiger partial charge in [0, 0.05) is 31.3 Å². The van der Waals surface area contributed by atoms with Crippen LogP contribution in [-0.2, 0) is 66.7 Å². The summed E-state index contributed by atoms with van der Waals surface area (Å²) in [6, 6.07) is 0. The summed E-state index contributed by atoms with van der Waals surface area (Å²) >= 11 is 0. The van der Waals surface area contributed by atoms with Crippen molar-refractivity contribution in [3.63, 3.8) is 0 Å². The number of ether oxygens (including phenoxy) is 8. The van der Waals surface area contributed by atoms with Gasteiger partial charge in [-0.25, -0.2) is 24.0 Å². The Bertz CT molecular complexity index is 2080. The monoisotopic (exact) mass is 928 g/mol. The highest BCUT2D eigenvalue weighted by atomic mass is 19.4. The van der Waals surface area contributed by atoms with Crippen LogP contribution in [0.1, 0.15) is 32.6 Å². The molecule has 16 nitrogen and oxygen atoms in total. The van der Waals surface area contributed by atoms with E-state index < -0.39 is 144 Å². The standard InChI is InChI=1S/C35H24F12O16/c1-17(21(49)61-30(56-16-48,32(36,37)38)33(39,40)41)8-4-2-5-9-18-22(50)57-28(58-23(18)51)12-14-29(15-13-28)59-24(52)19(25(53)60-29)10-6-3-7-11-20-26(54)62-31(34(42,43)44,35(45,46)47)63-27(20)55/h2-11,16,49,54H,12-15H2,1H3/b5-2+,6-3+,8-4+,11-7+,18-9?,19-10?,21-17+. The molecule has 1 saturated carbocycles. The van der Waals surface area contributed by atoms with Crippen molar-refractivity contribution < 1.29 is 130 Å². The number of aliphatic hydroxyl groups excluding tert-OH is 2. The number of carbonyl (C=O) groups is 6. The average molecular weight is 929 g/mol. The Hall–Kier alpha value is -6.90. The van der Waals surface area contributed by atoms with Gasteiger partial charge >= 0.3 is 66.1 Å². The molecule has 3 heterocycles. The van der Waals surface area contributed by atoms with Crippen LogP contribution in [0, 0.1) is 0 Å². The largest absolute Gasteiger partial charge is 0.481 e. The van der Waals surface area contributed by atoms with Crippen molar-refractivity contribution in [1.29, 1.82) is 0 Å². The molecule has 1 aliphatic carbocycles. The molecule has 0 aromatic carbocycles. The highest BCUT2D eigenvalue weighted by Gasteiger charge is 2.80. The number of hydrogen-bond acceptors (Lipinski definition) is 16. The number of halogens is 12. The first-order valence-electron chi connectivity index (χ1n) is 16.8. The van der Waals surface area contributed by atoms with Crippen LogP contribution in [0.2, 0.25) is 0 Å². The van der Waals surface area contributed by atoms with Crippen LogP contribution in [0.5, 0.6) is 0 Å². The molecule has 0 radical (unpaired) electrons. The third-order valence-corrected chi connectivity index (χ3v) is 8.56. The molecule has 3 fully saturated rings. The molecule has 28 heteroatoms. The van der Waals surface area contributed by atoms with E-state index in [1.807, 2.05) is 0 Å². The average Bonchev–Trinajstić information content (AvgIpc) is 3.13. The molecule has 4 rings (SSSR count). The third-order valence-electron chi connectivity index (χ3n) is 8.56. The molecule has 0 atom stereocenters. The van der Waals surface area contributed by atoms with E-state index in [0.29, 0.717) is 6.08 Å². The summed E-state index contributed by atoms with van der Waals surface area (Å²) < 4.78 is 193. The van der Waals surface area contributed by atoms with Gasteiger partial charge in [0.05, 0.1) is 0 Å². The first-order valence-corrected chi connectivity index (χ1v) is 16.8. The summed E-state index contributed by atoms with van der Waals surface area (Å²) in [5.74, 6) is -26.3. The van der Waals surface area contributed by atoms with Crippen molar-refractivity contribution in [3.05, 3.63) is 94.9 Å². The van der Waals surface area contributed by atoms with Crippen LogP contribution in [0.3, 0.4) is 0 Å². The Morgan fingerprint density at radius 2 is 1.02 bits per heavy atom. The lowest BCUT2D eigenvalue weighted by atomic mass is 9.87. The van der Waals surface area contributed by atoms with Crippen molar-refractivity contribution in [1.82, 2.24) is 0 Å². The summed E-state index contributed by atoms with van der Waals surface area (Å²) in [5, 5.41) is 19.4. The van der Waals surface area contributed by atoms with Crippen molar-refractivity contribution in [2.45, 2.75) is 80.5 Å². The van der Waals surface area contributed by atoms with E-state index in [1.54, 1.807) is 0 Å². The second-order valence-corrected chi connectivity index (χ2v) is 12.8. The second-order valence-electron chi connectivity index (χ2n) is 12.8. The van der Waals surface area contributed by atoms with E-state index in [9.17, 15) is 91.7 Å². The van der Waals surface area contributed by atoms with Gasteiger partial charge in [-0.1, -0.05) is 42.5 Å². The van der Waals surface area contributed by atoms with Gasteiger partial charge in [-0.05, 0) is 25.2 Å². The number of esters is 5. The SMILES string of the molecule is CC(/C=C/C=C/C=C1C(=O)OC2(CCC3(CC2)OC(=O)C(=C/C=C/C=C/C2=C(O)OC(C(F)(F)F)(C(F)(F)F)OC2=O)C(=O)O3)OC1=O)=C(/O)OC(OC=O)(C(F)(F)F)C(F)(F)F. The number of cyclic esters (lactones) is 1. The molecule has 0 aromatic heterocycles. The minimum Gasteiger partial charge on any atom is -0.481 e. The normalized spacial score (nSPS) is 24.3. The predicted molar refractivity (Wildman–Crippen MR) is 171 cm³/mol. The zero-order valence-corrected chi connectivity index (χ0v) is 30.8. The second kappa shape index (κ2) is 17.1. The van der Waals surface area contributed by atoms with Gasteiger partial charge in [0.15, 0.2) is 0 Å². The Morgan fingerprint density at radius 3 is 1.38 bits per heavy atom. The molecular formula is C35H24F12O16. The lowest BCUT2D eigenvalue weighted by Gasteiger charge is -2.45. The quantitative estimate of drug-likeness (QED) is 0.0287. The number of alkyl halides is 12. The third kappa shape index (κ3) is 9.77. The van der Waals surface area contributed by atoms with Crippen LogP contribution in [0.25, 0.3) is 0 Å². The summed E-state index contributed by atoms with van der Waals surface area (Å²) in [6.45, 7) is -0.396. The maximum absolute atomic E-state index is 13.2. The Kier molecular flexibility index (Phi) is 13.2. The van der Waals surface area contributed by atoms with Crippen molar-refractivity contribution in [2.24, 2.45) is 0 Å². The number of rotatable bonds is 10. The molecule has 2 spiro atoms. The lowest BCUT2D eigenvalue weighted by Crippen LogP contribution is -2.63. The highest BCUT2D eigenvalue weighted by Crippen LogP contribution is 2.51. The van der Waals surface area contributed by atoms with Gasteiger partial charge in [0.1, 0.15) is 16.7 Å². The maximum Gasteiger partial charge on any atom is 0.478 e. The minimum atomic E-state index is -6.40. The smallest absolute Gasteiger partial charge is 0.478 e. The summed E-state index contributed by atoms with van der Waals surface area (Å²) in [6.07, 6.45) is -18.9. The molecule has 344 valence electrons. The summed E-state index contributed by atoms with van der Waals surface area (Å²) in [7, 11) is 0. The van der Waals surface area contributed by atoms with Crippen molar-refractivity contribution in [3.8, 4) is 0 Å². The Labute approximate surface area is 341 Å². The topological polar surface area (TPSA) is 217 Å². The van der Waals surface area contributed by atoms with Gasteiger partial charge in [0.25, 0.3) is 29.9 Å². The molecular weight excluding hydrogens is 904 g/mol. The van der Waals surface area contributed by atoms with Gasteiger partial charge < -0.3 is 48.1 Å². The number of carbonyl (C=O) groups excluding carboxylic acids is 6.